The molecule has 4 N–H and O–H groups in total. The Balaban J connectivity index is 1.59. The minimum Gasteiger partial charge on any atom is -0.392 e. The predicted molar refractivity (Wildman–Crippen MR) is 178 cm³/mol. The number of fused-ring (bicyclic) bond motifs is 1. The normalized spacial score (nSPS) is 16.2. The van der Waals surface area contributed by atoms with Gasteiger partial charge in [0.25, 0.3) is 11.8 Å². The van der Waals surface area contributed by atoms with Gasteiger partial charge in [-0.2, -0.15) is 0 Å². The highest BCUT2D eigenvalue weighted by Crippen LogP contribution is 2.35. The zero-order chi connectivity index (χ0) is 31.8. The van der Waals surface area contributed by atoms with Crippen LogP contribution in [0.25, 0.3) is 11.1 Å². The Morgan fingerprint density at radius 2 is 1.80 bits per heavy atom. The summed E-state index contributed by atoms with van der Waals surface area (Å²) in [7, 11) is 0. The molecule has 3 aromatic carbocycles. The largest absolute Gasteiger partial charge is 0.392 e. The molecule has 0 fully saturated rings. The van der Waals surface area contributed by atoms with Crippen LogP contribution < -0.4 is 16.0 Å². The van der Waals surface area contributed by atoms with E-state index in [-0.39, 0.29) is 30.2 Å². The minimum atomic E-state index is -0.807. The molecule has 0 bridgehead atoms. The highest BCUT2D eigenvalue weighted by Gasteiger charge is 2.34. The number of amides is 3. The van der Waals surface area contributed by atoms with Gasteiger partial charge in [-0.15, -0.1) is 11.8 Å². The van der Waals surface area contributed by atoms with Crippen molar-refractivity contribution in [1.82, 2.24) is 20.9 Å². The number of hydrogen-bond donors (Lipinski definition) is 4. The van der Waals surface area contributed by atoms with Crippen LogP contribution in [0.2, 0.25) is 0 Å². The van der Waals surface area contributed by atoms with Gasteiger partial charge in [-0.25, -0.2) is 0 Å². The molecule has 44 heavy (non-hydrogen) atoms. The second-order valence-electron chi connectivity index (χ2n) is 11.3. The summed E-state index contributed by atoms with van der Waals surface area (Å²) in [5.74, 6) is -0.597. The maximum atomic E-state index is 14.0. The number of aliphatic hydroxyl groups excluding tert-OH is 1. The maximum absolute atomic E-state index is 14.0. The first-order valence-corrected chi connectivity index (χ1v) is 17.0. The van der Waals surface area contributed by atoms with E-state index in [1.807, 2.05) is 75.6 Å². The number of carbonyl (C=O) groups excluding carboxylic acids is 3. The van der Waals surface area contributed by atoms with Crippen molar-refractivity contribution in [1.29, 1.82) is 0 Å². The summed E-state index contributed by atoms with van der Waals surface area (Å²) in [6, 6.07) is 21.1. The molecule has 234 valence electrons. The van der Waals surface area contributed by atoms with Gasteiger partial charge in [0.15, 0.2) is 5.37 Å². The molecule has 4 rings (SSSR count). The first-order chi connectivity index (χ1) is 21.1. The van der Waals surface area contributed by atoms with Crippen LogP contribution in [0.4, 0.5) is 0 Å². The summed E-state index contributed by atoms with van der Waals surface area (Å²) in [6.45, 7) is 9.04. The molecule has 10 heteroatoms. The van der Waals surface area contributed by atoms with Crippen molar-refractivity contribution < 1.29 is 19.5 Å². The summed E-state index contributed by atoms with van der Waals surface area (Å²) in [5, 5.41) is 18.0. The fourth-order valence-electron chi connectivity index (χ4n) is 5.10. The van der Waals surface area contributed by atoms with Crippen LogP contribution in [0.3, 0.4) is 0 Å². The lowest BCUT2D eigenvalue weighted by Crippen LogP contribution is -2.54. The molecular formula is C34H42N4O4S2. The molecule has 1 heterocycles. The lowest BCUT2D eigenvalue weighted by molar-refractivity contribution is -0.135. The Kier molecular flexibility index (Phi) is 11.9. The van der Waals surface area contributed by atoms with Crippen molar-refractivity contribution in [2.24, 2.45) is 5.92 Å². The molecule has 0 aromatic heterocycles. The smallest absolute Gasteiger partial charge is 0.256 e. The van der Waals surface area contributed by atoms with Crippen LogP contribution >= 0.6 is 23.5 Å². The van der Waals surface area contributed by atoms with Crippen molar-refractivity contribution >= 4 is 41.2 Å². The lowest BCUT2D eigenvalue weighted by atomic mass is 9.98. The molecule has 1 unspecified atom stereocenters. The van der Waals surface area contributed by atoms with Crippen LogP contribution in [0.15, 0.2) is 76.5 Å². The lowest BCUT2D eigenvalue weighted by Gasteiger charge is -2.27. The molecule has 3 amide bonds. The van der Waals surface area contributed by atoms with E-state index in [0.29, 0.717) is 25.2 Å². The summed E-state index contributed by atoms with van der Waals surface area (Å²) < 4.78 is 0. The Hall–Kier alpha value is -3.31. The van der Waals surface area contributed by atoms with Gasteiger partial charge in [-0.05, 0) is 66.5 Å². The number of hydrogen-bond acceptors (Lipinski definition) is 7. The van der Waals surface area contributed by atoms with Crippen molar-refractivity contribution in [3.05, 3.63) is 83.4 Å². The van der Waals surface area contributed by atoms with Crippen molar-refractivity contribution in [3.63, 3.8) is 0 Å². The Morgan fingerprint density at radius 3 is 2.45 bits per heavy atom. The molecule has 1 aliphatic heterocycles. The third-order valence-corrected chi connectivity index (χ3v) is 9.33. The number of aliphatic hydroxyl groups is 1. The van der Waals surface area contributed by atoms with Crippen LogP contribution in [0, 0.1) is 5.92 Å². The number of thioether (sulfide) groups is 2. The summed E-state index contributed by atoms with van der Waals surface area (Å²) in [4.78, 5) is 43.9. The average Bonchev–Trinajstić information content (AvgIpc) is 3.12. The van der Waals surface area contributed by atoms with E-state index < -0.39 is 17.5 Å². The van der Waals surface area contributed by atoms with E-state index in [2.05, 4.69) is 34.1 Å². The van der Waals surface area contributed by atoms with Gasteiger partial charge in [0.1, 0.15) is 0 Å². The van der Waals surface area contributed by atoms with Gasteiger partial charge < -0.3 is 26.0 Å². The summed E-state index contributed by atoms with van der Waals surface area (Å²) in [5.41, 5.74) is 4.34. The van der Waals surface area contributed by atoms with Crippen molar-refractivity contribution in [2.45, 2.75) is 68.1 Å². The van der Waals surface area contributed by atoms with Gasteiger partial charge in [0.2, 0.25) is 5.91 Å². The third kappa shape index (κ3) is 8.44. The van der Waals surface area contributed by atoms with Gasteiger partial charge in [-0.3, -0.25) is 14.4 Å². The fourth-order valence-corrected chi connectivity index (χ4v) is 6.77. The number of rotatable bonds is 12. The van der Waals surface area contributed by atoms with E-state index in [9.17, 15) is 19.5 Å². The van der Waals surface area contributed by atoms with E-state index in [0.717, 1.165) is 32.0 Å². The Bertz CT molecular complexity index is 1460. The molecule has 3 atom stereocenters. The van der Waals surface area contributed by atoms with E-state index in [1.54, 1.807) is 23.6 Å². The zero-order valence-electron chi connectivity index (χ0n) is 25.9. The molecular weight excluding hydrogens is 593 g/mol. The van der Waals surface area contributed by atoms with Gasteiger partial charge >= 0.3 is 0 Å². The summed E-state index contributed by atoms with van der Waals surface area (Å²) in [6.07, 6.45) is 1.41. The topological polar surface area (TPSA) is 111 Å². The number of nitrogens with zero attached hydrogens (tertiary/aromatic N) is 1. The first kappa shape index (κ1) is 33.6. The van der Waals surface area contributed by atoms with Crippen LogP contribution in [-0.2, 0) is 22.7 Å². The maximum Gasteiger partial charge on any atom is 0.256 e. The first-order valence-electron chi connectivity index (χ1n) is 14.9. The van der Waals surface area contributed by atoms with Gasteiger partial charge in [-0.1, -0.05) is 74.1 Å². The molecule has 3 aromatic rings. The molecule has 8 nitrogen and oxygen atoms in total. The Labute approximate surface area is 268 Å². The molecule has 0 aliphatic carbocycles. The van der Waals surface area contributed by atoms with Gasteiger partial charge in [0, 0.05) is 41.5 Å². The second kappa shape index (κ2) is 15.6. The molecule has 0 saturated carbocycles. The highest BCUT2D eigenvalue weighted by atomic mass is 32.2. The summed E-state index contributed by atoms with van der Waals surface area (Å²) >= 11 is 3.00. The second-order valence-corrected chi connectivity index (χ2v) is 13.3. The van der Waals surface area contributed by atoms with Crippen LogP contribution in [-0.4, -0.2) is 64.6 Å². The molecule has 0 radical (unpaired) electrons. The minimum absolute atomic E-state index is 0.0391. The quantitative estimate of drug-likeness (QED) is 0.210. The van der Waals surface area contributed by atoms with E-state index in [4.69, 9.17) is 0 Å². The standard InChI is InChI=1S/C34H42N4O4S2/c1-6-35-31(40)28-10-8-7-9-27(28)24-13-11-23(12-14-24)19-38-20-25-15-16-26(43-5)17-29(25)44-33(34(38)42)37-32(41)30(21(2)3)36-18-22(4)39/h7-17,21-22,30,33,36,39H,6,18-20H2,1-5H3,(H,35,40)(H,37,41)/t22-,30?,33-/m1/s1. The molecule has 1 aliphatic rings. The van der Waals surface area contributed by atoms with E-state index >= 15 is 0 Å². The molecule has 0 saturated heterocycles. The monoisotopic (exact) mass is 634 g/mol. The van der Waals surface area contributed by atoms with Crippen molar-refractivity contribution in [2.75, 3.05) is 19.3 Å². The number of benzene rings is 3. The molecule has 0 spiro atoms. The number of nitrogens with one attached hydrogen (secondary N) is 3. The van der Waals surface area contributed by atoms with Gasteiger partial charge in [0.05, 0.1) is 12.1 Å². The van der Waals surface area contributed by atoms with E-state index in [1.165, 1.54) is 11.8 Å². The highest BCUT2D eigenvalue weighted by molar-refractivity contribution is 8.01. The zero-order valence-corrected chi connectivity index (χ0v) is 27.6. The van der Waals surface area contributed by atoms with Crippen molar-refractivity contribution in [3.8, 4) is 11.1 Å². The Morgan fingerprint density at radius 1 is 1.07 bits per heavy atom. The van der Waals surface area contributed by atoms with Crippen LogP contribution in [0.1, 0.15) is 49.2 Å². The van der Waals surface area contributed by atoms with Crippen LogP contribution in [0.5, 0.6) is 0 Å². The SMILES string of the molecule is CCNC(=O)c1ccccc1-c1ccc(CN2Cc3ccc(SC)cc3S[C@@H](NC(=O)C(NC[C@@H](C)O)C(C)C)C2=O)cc1. The average molecular weight is 635 g/mol. The fraction of sp³-hybridized carbons (Fsp3) is 0.382. The predicted octanol–water partition coefficient (Wildman–Crippen LogP) is 4.90. The number of carbonyl (C=O) groups is 3. The third-order valence-electron chi connectivity index (χ3n) is 7.42.